The lowest BCUT2D eigenvalue weighted by atomic mass is 9.78. The molecule has 0 saturated carbocycles. The van der Waals surface area contributed by atoms with E-state index in [9.17, 15) is 19.2 Å². The summed E-state index contributed by atoms with van der Waals surface area (Å²) in [6, 6.07) is 20.1. The van der Waals surface area contributed by atoms with Crippen molar-refractivity contribution in [2.24, 2.45) is 11.8 Å². The third kappa shape index (κ3) is 3.08. The number of ether oxygens (including phenoxy) is 1. The van der Waals surface area contributed by atoms with Gasteiger partial charge in [-0.1, -0.05) is 90.0 Å². The second kappa shape index (κ2) is 8.23. The zero-order chi connectivity index (χ0) is 25.2. The van der Waals surface area contributed by atoms with E-state index in [2.05, 4.69) is 0 Å². The average Bonchev–Trinajstić information content (AvgIpc) is 3.45. The molecule has 3 atom stereocenters. The first-order valence-electron chi connectivity index (χ1n) is 11.3. The Labute approximate surface area is 216 Å². The van der Waals surface area contributed by atoms with Crippen molar-refractivity contribution >= 4 is 58.3 Å². The zero-order valence-corrected chi connectivity index (χ0v) is 20.1. The van der Waals surface area contributed by atoms with E-state index in [1.54, 1.807) is 24.3 Å². The quantitative estimate of drug-likeness (QED) is 0.359. The van der Waals surface area contributed by atoms with Gasteiger partial charge in [0.1, 0.15) is 0 Å². The van der Waals surface area contributed by atoms with Gasteiger partial charge in [-0.25, -0.2) is 4.90 Å². The molecule has 0 unspecified atom stereocenters. The van der Waals surface area contributed by atoms with E-state index in [4.69, 9.17) is 27.9 Å². The molecule has 2 amide bonds. The molecule has 0 aromatic heterocycles. The van der Waals surface area contributed by atoms with Crippen LogP contribution >= 0.6 is 23.2 Å². The van der Waals surface area contributed by atoms with Gasteiger partial charge in [0.2, 0.25) is 29.0 Å². The van der Waals surface area contributed by atoms with Gasteiger partial charge >= 0.3 is 0 Å². The van der Waals surface area contributed by atoms with Crippen molar-refractivity contribution in [3.05, 3.63) is 106 Å². The van der Waals surface area contributed by atoms with E-state index in [-0.39, 0.29) is 26.9 Å². The molecule has 0 radical (unpaired) electrons. The minimum absolute atomic E-state index is 0.165. The minimum atomic E-state index is -2.11. The monoisotopic (exact) mass is 517 g/mol. The van der Waals surface area contributed by atoms with Gasteiger partial charge in [0, 0.05) is 11.1 Å². The van der Waals surface area contributed by atoms with Gasteiger partial charge in [0.15, 0.2) is 0 Å². The van der Waals surface area contributed by atoms with Crippen LogP contribution < -0.4 is 4.90 Å². The van der Waals surface area contributed by atoms with Crippen LogP contribution in [0.5, 0.6) is 0 Å². The maximum atomic E-state index is 13.8. The lowest BCUT2D eigenvalue weighted by molar-refractivity contribution is -0.126. The van der Waals surface area contributed by atoms with Gasteiger partial charge in [-0.2, -0.15) is 0 Å². The summed E-state index contributed by atoms with van der Waals surface area (Å²) in [7, 11) is 0. The highest BCUT2D eigenvalue weighted by Gasteiger charge is 2.74. The van der Waals surface area contributed by atoms with Gasteiger partial charge in [-0.15, -0.1) is 0 Å². The molecule has 178 valence electrons. The van der Waals surface area contributed by atoms with Crippen LogP contribution in [-0.2, 0) is 14.3 Å². The summed E-state index contributed by atoms with van der Waals surface area (Å²) >= 11 is 12.2. The Bertz CT molecular complexity index is 1460. The van der Waals surface area contributed by atoms with Gasteiger partial charge in [-0.3, -0.25) is 19.2 Å². The predicted molar refractivity (Wildman–Crippen MR) is 134 cm³/mol. The molecule has 6 rings (SSSR count). The number of carbonyl (C=O) groups excluding carboxylic acids is 4. The molecule has 3 aromatic rings. The summed E-state index contributed by atoms with van der Waals surface area (Å²) in [5.41, 5.74) is -0.698. The van der Waals surface area contributed by atoms with Crippen LogP contribution in [0.4, 0.5) is 5.69 Å². The molecule has 1 spiro atoms. The molecule has 3 aliphatic rings. The summed E-state index contributed by atoms with van der Waals surface area (Å²) in [6.45, 7) is 0. The van der Waals surface area contributed by atoms with Crippen molar-refractivity contribution in [3.63, 3.8) is 0 Å². The molecule has 3 aromatic carbocycles. The topological polar surface area (TPSA) is 80.8 Å². The van der Waals surface area contributed by atoms with Crippen molar-refractivity contribution < 1.29 is 23.9 Å². The van der Waals surface area contributed by atoms with E-state index >= 15 is 0 Å². The third-order valence-electron chi connectivity index (χ3n) is 7.00. The summed E-state index contributed by atoms with van der Waals surface area (Å²) in [4.78, 5) is 55.9. The molecule has 2 heterocycles. The number of ketones is 2. The average molecular weight is 518 g/mol. The van der Waals surface area contributed by atoms with E-state index in [0.717, 1.165) is 10.5 Å². The second-order valence-electron chi connectivity index (χ2n) is 8.91. The summed E-state index contributed by atoms with van der Waals surface area (Å²) in [6.07, 6.45) is 2.40. The highest BCUT2D eigenvalue weighted by atomic mass is 35.5. The number of rotatable bonds is 3. The number of amides is 2. The first-order chi connectivity index (χ1) is 17.3. The van der Waals surface area contributed by atoms with Crippen LogP contribution in [0.3, 0.4) is 0 Å². The number of nitrogens with zero attached hydrogens (tertiary/aromatic N) is 1. The van der Waals surface area contributed by atoms with Crippen molar-refractivity contribution in [3.8, 4) is 0 Å². The number of hydrogen-bond donors (Lipinski definition) is 0. The molecule has 6 nitrogen and oxygen atoms in total. The summed E-state index contributed by atoms with van der Waals surface area (Å²) in [5.74, 6) is -4.86. The number of hydrogen-bond acceptors (Lipinski definition) is 5. The normalized spacial score (nSPS) is 24.3. The van der Waals surface area contributed by atoms with Gasteiger partial charge < -0.3 is 4.74 Å². The summed E-state index contributed by atoms with van der Waals surface area (Å²) in [5, 5.41) is 0.429. The number of imide groups is 1. The summed E-state index contributed by atoms with van der Waals surface area (Å²) < 4.78 is 6.17. The zero-order valence-electron chi connectivity index (χ0n) is 18.6. The Morgan fingerprint density at radius 2 is 1.42 bits per heavy atom. The van der Waals surface area contributed by atoms with Crippen molar-refractivity contribution in [1.29, 1.82) is 0 Å². The lowest BCUT2D eigenvalue weighted by Crippen LogP contribution is -2.51. The van der Waals surface area contributed by atoms with Crippen molar-refractivity contribution in [2.75, 3.05) is 4.90 Å². The molecule has 36 heavy (non-hydrogen) atoms. The Kier molecular flexibility index (Phi) is 5.23. The highest BCUT2D eigenvalue weighted by Crippen LogP contribution is 2.53. The van der Waals surface area contributed by atoms with Crippen molar-refractivity contribution in [1.82, 2.24) is 0 Å². The Hall–Kier alpha value is -3.58. The Morgan fingerprint density at radius 3 is 2.06 bits per heavy atom. The second-order valence-corrected chi connectivity index (χ2v) is 9.72. The maximum absolute atomic E-state index is 13.8. The van der Waals surface area contributed by atoms with Crippen LogP contribution in [0, 0.1) is 11.8 Å². The van der Waals surface area contributed by atoms with Gasteiger partial charge in [0.05, 0.1) is 33.7 Å². The predicted octanol–water partition coefficient (Wildman–Crippen LogP) is 5.03. The Balaban J connectivity index is 1.49. The number of anilines is 1. The SMILES string of the molecule is O=C1[C@@H]2[C@@H](/C=C/c3ccccc3)OC3(C(=O)c4ccccc4C3=O)[C@H]2C(=O)N1c1ccc(Cl)c(Cl)c1. The molecular formula is C28H17Cl2NO5. The standard InChI is InChI=1S/C28H17Cl2NO5/c29-19-12-11-16(14-20(19)30)31-26(34)22-21(13-10-15-6-2-1-3-7-15)36-28(23(22)27(31)35)24(32)17-8-4-5-9-18(17)25(28)33/h1-14,21-23H/b13-10+/t21-,22-,23-/m1/s1. The van der Waals surface area contributed by atoms with Crippen LogP contribution in [0.1, 0.15) is 26.3 Å². The van der Waals surface area contributed by atoms with E-state index < -0.39 is 46.9 Å². The van der Waals surface area contributed by atoms with Crippen LogP contribution in [0.15, 0.2) is 78.9 Å². The largest absolute Gasteiger partial charge is 0.350 e. The van der Waals surface area contributed by atoms with Crippen LogP contribution in [-0.4, -0.2) is 35.1 Å². The highest BCUT2D eigenvalue weighted by molar-refractivity contribution is 6.42. The number of fused-ring (bicyclic) bond motifs is 3. The number of halogens is 2. The van der Waals surface area contributed by atoms with E-state index in [1.807, 2.05) is 30.3 Å². The molecule has 2 saturated heterocycles. The maximum Gasteiger partial charge on any atom is 0.241 e. The molecule has 0 N–H and O–H groups in total. The fourth-order valence-corrected chi connectivity index (χ4v) is 5.68. The van der Waals surface area contributed by atoms with E-state index in [0.29, 0.717) is 0 Å². The molecular weight excluding hydrogens is 501 g/mol. The van der Waals surface area contributed by atoms with Crippen LogP contribution in [0.2, 0.25) is 10.0 Å². The van der Waals surface area contributed by atoms with E-state index in [1.165, 1.54) is 30.3 Å². The fourth-order valence-electron chi connectivity index (χ4n) is 5.39. The third-order valence-corrected chi connectivity index (χ3v) is 7.73. The lowest BCUT2D eigenvalue weighted by Gasteiger charge is -2.26. The van der Waals surface area contributed by atoms with Gasteiger partial charge in [0.25, 0.3) is 0 Å². The molecule has 2 fully saturated rings. The smallest absolute Gasteiger partial charge is 0.241 e. The number of carbonyl (C=O) groups is 4. The first kappa shape index (κ1) is 22.9. The molecule has 0 bridgehead atoms. The van der Waals surface area contributed by atoms with Crippen LogP contribution in [0.25, 0.3) is 6.08 Å². The number of Topliss-reactive ketones (excluding diaryl/α,β-unsaturated/α-hetero) is 2. The number of benzene rings is 3. The molecule has 1 aliphatic carbocycles. The van der Waals surface area contributed by atoms with Crippen molar-refractivity contribution in [2.45, 2.75) is 11.7 Å². The fraction of sp³-hybridized carbons (Fsp3) is 0.143. The molecule has 8 heteroatoms. The minimum Gasteiger partial charge on any atom is -0.350 e. The van der Waals surface area contributed by atoms with Gasteiger partial charge in [-0.05, 0) is 23.8 Å². The molecule has 2 aliphatic heterocycles. The first-order valence-corrected chi connectivity index (χ1v) is 12.0. The Morgan fingerprint density at radius 1 is 0.778 bits per heavy atom.